The van der Waals surface area contributed by atoms with Crippen LogP contribution in [0.2, 0.25) is 0 Å². The standard InChI is InChI=1S/C15H25N5/c1-10-8-12(6-7-20(10)3)17-14-9-13(16-2)18-15(19-14)11-4-5-11/h9-12H,4-8H2,1-3H3,(H2,16,17,18,19). The van der Waals surface area contributed by atoms with Gasteiger partial charge in [0, 0.05) is 37.7 Å². The predicted octanol–water partition coefficient (Wildman–Crippen LogP) is 2.29. The molecule has 1 saturated heterocycles. The minimum Gasteiger partial charge on any atom is -0.373 e. The highest BCUT2D eigenvalue weighted by Crippen LogP contribution is 2.39. The summed E-state index contributed by atoms with van der Waals surface area (Å²) in [6.07, 6.45) is 4.82. The lowest BCUT2D eigenvalue weighted by molar-refractivity contribution is 0.190. The van der Waals surface area contributed by atoms with Gasteiger partial charge in [-0.3, -0.25) is 0 Å². The van der Waals surface area contributed by atoms with Gasteiger partial charge in [0.05, 0.1) is 0 Å². The van der Waals surface area contributed by atoms with E-state index in [1.165, 1.54) is 25.7 Å². The summed E-state index contributed by atoms with van der Waals surface area (Å²) in [6.45, 7) is 3.45. The Bertz CT molecular complexity index is 471. The highest BCUT2D eigenvalue weighted by atomic mass is 15.2. The number of nitrogens with zero attached hydrogens (tertiary/aromatic N) is 3. The third-order valence-electron chi connectivity index (χ3n) is 4.50. The summed E-state index contributed by atoms with van der Waals surface area (Å²) in [7, 11) is 4.12. The van der Waals surface area contributed by atoms with Crippen molar-refractivity contribution in [2.24, 2.45) is 0 Å². The number of aromatic nitrogens is 2. The third kappa shape index (κ3) is 3.03. The van der Waals surface area contributed by atoms with Crippen LogP contribution in [0.4, 0.5) is 11.6 Å². The molecule has 2 atom stereocenters. The molecule has 5 nitrogen and oxygen atoms in total. The van der Waals surface area contributed by atoms with E-state index in [0.29, 0.717) is 18.0 Å². The Labute approximate surface area is 121 Å². The normalized spacial score (nSPS) is 27.4. The summed E-state index contributed by atoms with van der Waals surface area (Å²) in [5, 5.41) is 6.76. The van der Waals surface area contributed by atoms with Gasteiger partial charge in [-0.05, 0) is 39.7 Å². The van der Waals surface area contributed by atoms with E-state index in [-0.39, 0.29) is 0 Å². The van der Waals surface area contributed by atoms with Crippen LogP contribution in [0, 0.1) is 0 Å². The zero-order valence-electron chi connectivity index (χ0n) is 12.7. The molecule has 0 spiro atoms. The Hall–Kier alpha value is -1.36. The maximum absolute atomic E-state index is 4.71. The monoisotopic (exact) mass is 275 g/mol. The van der Waals surface area contributed by atoms with Crippen LogP contribution < -0.4 is 10.6 Å². The maximum Gasteiger partial charge on any atom is 0.136 e. The molecule has 1 aliphatic heterocycles. The molecule has 5 heteroatoms. The van der Waals surface area contributed by atoms with Gasteiger partial charge in [0.25, 0.3) is 0 Å². The molecule has 1 saturated carbocycles. The van der Waals surface area contributed by atoms with Crippen LogP contribution in [0.3, 0.4) is 0 Å². The first kappa shape index (κ1) is 13.6. The second-order valence-electron chi connectivity index (χ2n) is 6.22. The van der Waals surface area contributed by atoms with Crippen LogP contribution in [-0.2, 0) is 0 Å². The number of likely N-dealkylation sites (tertiary alicyclic amines) is 1. The van der Waals surface area contributed by atoms with Crippen LogP contribution in [0.5, 0.6) is 0 Å². The topological polar surface area (TPSA) is 53.1 Å². The predicted molar refractivity (Wildman–Crippen MR) is 82.3 cm³/mol. The van der Waals surface area contributed by atoms with Gasteiger partial charge in [0.2, 0.25) is 0 Å². The van der Waals surface area contributed by atoms with Gasteiger partial charge in [0.15, 0.2) is 0 Å². The van der Waals surface area contributed by atoms with E-state index in [1.807, 2.05) is 13.1 Å². The molecule has 0 radical (unpaired) electrons. The van der Waals surface area contributed by atoms with Gasteiger partial charge in [-0.25, -0.2) is 9.97 Å². The molecular weight excluding hydrogens is 250 g/mol. The number of piperidine rings is 1. The first-order chi connectivity index (χ1) is 9.65. The molecule has 2 heterocycles. The van der Waals surface area contributed by atoms with Gasteiger partial charge < -0.3 is 15.5 Å². The average Bonchev–Trinajstić information content (AvgIpc) is 3.27. The van der Waals surface area contributed by atoms with E-state index < -0.39 is 0 Å². The molecule has 0 amide bonds. The summed E-state index contributed by atoms with van der Waals surface area (Å²) in [5.74, 6) is 3.49. The fraction of sp³-hybridized carbons (Fsp3) is 0.733. The Morgan fingerprint density at radius 2 is 1.95 bits per heavy atom. The molecular formula is C15H25N5. The molecule has 1 aromatic rings. The average molecular weight is 275 g/mol. The van der Waals surface area contributed by atoms with Crippen molar-refractivity contribution in [1.29, 1.82) is 0 Å². The Morgan fingerprint density at radius 3 is 2.60 bits per heavy atom. The molecule has 2 N–H and O–H groups in total. The van der Waals surface area contributed by atoms with E-state index in [9.17, 15) is 0 Å². The number of hydrogen-bond donors (Lipinski definition) is 2. The van der Waals surface area contributed by atoms with Crippen LogP contribution >= 0.6 is 0 Å². The van der Waals surface area contributed by atoms with Crippen LogP contribution in [-0.4, -0.2) is 47.6 Å². The number of nitrogens with one attached hydrogen (secondary N) is 2. The minimum absolute atomic E-state index is 0.521. The zero-order chi connectivity index (χ0) is 14.1. The Balaban J connectivity index is 1.71. The third-order valence-corrected chi connectivity index (χ3v) is 4.50. The fourth-order valence-electron chi connectivity index (χ4n) is 2.82. The summed E-state index contributed by atoms with van der Waals surface area (Å²) < 4.78 is 0. The first-order valence-corrected chi connectivity index (χ1v) is 7.69. The number of rotatable bonds is 4. The summed E-state index contributed by atoms with van der Waals surface area (Å²) in [6, 6.07) is 3.18. The molecule has 2 unspecified atom stereocenters. The van der Waals surface area contributed by atoms with Crippen LogP contribution in [0.1, 0.15) is 44.3 Å². The first-order valence-electron chi connectivity index (χ1n) is 7.69. The lowest BCUT2D eigenvalue weighted by Gasteiger charge is -2.35. The summed E-state index contributed by atoms with van der Waals surface area (Å²) in [4.78, 5) is 11.7. The van der Waals surface area contributed by atoms with Gasteiger partial charge >= 0.3 is 0 Å². The van der Waals surface area contributed by atoms with E-state index in [4.69, 9.17) is 4.98 Å². The SMILES string of the molecule is CNc1cc(NC2CCN(C)C(C)C2)nc(C2CC2)n1. The van der Waals surface area contributed by atoms with E-state index in [1.54, 1.807) is 0 Å². The van der Waals surface area contributed by atoms with Crippen molar-refractivity contribution < 1.29 is 0 Å². The highest BCUT2D eigenvalue weighted by Gasteiger charge is 2.28. The van der Waals surface area contributed by atoms with Crippen molar-refractivity contribution in [3.63, 3.8) is 0 Å². The van der Waals surface area contributed by atoms with Crippen molar-refractivity contribution in [3.05, 3.63) is 11.9 Å². The van der Waals surface area contributed by atoms with Crippen molar-refractivity contribution in [2.75, 3.05) is 31.3 Å². The molecule has 2 aliphatic rings. The highest BCUT2D eigenvalue weighted by molar-refractivity contribution is 5.48. The van der Waals surface area contributed by atoms with Gasteiger partial charge in [-0.1, -0.05) is 0 Å². The molecule has 0 aromatic carbocycles. The van der Waals surface area contributed by atoms with Gasteiger partial charge in [-0.2, -0.15) is 0 Å². The van der Waals surface area contributed by atoms with E-state index in [2.05, 4.69) is 34.5 Å². The molecule has 1 aliphatic carbocycles. The maximum atomic E-state index is 4.71. The van der Waals surface area contributed by atoms with Crippen molar-refractivity contribution in [3.8, 4) is 0 Å². The lowest BCUT2D eigenvalue weighted by atomic mass is 9.99. The van der Waals surface area contributed by atoms with Crippen LogP contribution in [0.25, 0.3) is 0 Å². The van der Waals surface area contributed by atoms with Crippen molar-refractivity contribution in [2.45, 2.75) is 50.6 Å². The smallest absolute Gasteiger partial charge is 0.136 e. The molecule has 0 bridgehead atoms. The van der Waals surface area contributed by atoms with E-state index >= 15 is 0 Å². The zero-order valence-corrected chi connectivity index (χ0v) is 12.7. The van der Waals surface area contributed by atoms with Crippen LogP contribution in [0.15, 0.2) is 6.07 Å². The molecule has 20 heavy (non-hydrogen) atoms. The molecule has 3 rings (SSSR count). The Kier molecular flexibility index (Phi) is 3.78. The minimum atomic E-state index is 0.521. The number of anilines is 2. The number of hydrogen-bond acceptors (Lipinski definition) is 5. The second-order valence-corrected chi connectivity index (χ2v) is 6.22. The second kappa shape index (κ2) is 5.56. The van der Waals surface area contributed by atoms with Gasteiger partial charge in [0.1, 0.15) is 17.5 Å². The van der Waals surface area contributed by atoms with Crippen molar-refractivity contribution in [1.82, 2.24) is 14.9 Å². The lowest BCUT2D eigenvalue weighted by Crippen LogP contribution is -2.42. The van der Waals surface area contributed by atoms with Gasteiger partial charge in [-0.15, -0.1) is 0 Å². The quantitative estimate of drug-likeness (QED) is 0.883. The Morgan fingerprint density at radius 1 is 1.20 bits per heavy atom. The fourth-order valence-corrected chi connectivity index (χ4v) is 2.82. The molecule has 2 fully saturated rings. The van der Waals surface area contributed by atoms with E-state index in [0.717, 1.165) is 24.0 Å². The summed E-state index contributed by atoms with van der Waals surface area (Å²) >= 11 is 0. The summed E-state index contributed by atoms with van der Waals surface area (Å²) in [5.41, 5.74) is 0. The largest absolute Gasteiger partial charge is 0.373 e. The van der Waals surface area contributed by atoms with Crippen molar-refractivity contribution >= 4 is 11.6 Å². The molecule has 1 aromatic heterocycles. The molecule has 110 valence electrons.